The van der Waals surface area contributed by atoms with E-state index in [0.717, 1.165) is 4.90 Å². The summed E-state index contributed by atoms with van der Waals surface area (Å²) in [5.74, 6) is -2.40. The van der Waals surface area contributed by atoms with Crippen molar-refractivity contribution >= 4 is 34.4 Å². The summed E-state index contributed by atoms with van der Waals surface area (Å²) in [6.07, 6.45) is 0.150. The number of piperidine rings is 1. The summed E-state index contributed by atoms with van der Waals surface area (Å²) in [5, 5.41) is 13.0. The largest absolute Gasteiger partial charge is 0.508 e. The number of phenolic OH excluding ortho intramolecular Hbond substituents is 1. The zero-order valence-electron chi connectivity index (χ0n) is 12.4. The van der Waals surface area contributed by atoms with Gasteiger partial charge in [0.15, 0.2) is 0 Å². The van der Waals surface area contributed by atoms with E-state index in [1.807, 2.05) is 0 Å². The monoisotopic (exact) mass is 324 g/mol. The number of rotatable bonds is 1. The standard InChI is InChI=1S/C17H12N2O5/c20-9-6-8-2-1-3-10-14(8)11(7-9)17(24)19(16(10)23)12-4-5-13(21)18-15(12)22/h1-3,6-7,12,20H,4-5H2,(H,18,21,22). The molecule has 4 rings (SSSR count). The van der Waals surface area contributed by atoms with Gasteiger partial charge in [0.1, 0.15) is 11.8 Å². The summed E-state index contributed by atoms with van der Waals surface area (Å²) in [4.78, 5) is 49.9. The number of nitrogens with zero attached hydrogens (tertiary/aromatic N) is 1. The van der Waals surface area contributed by atoms with Crippen molar-refractivity contribution in [2.24, 2.45) is 0 Å². The van der Waals surface area contributed by atoms with E-state index in [9.17, 15) is 24.3 Å². The van der Waals surface area contributed by atoms with E-state index in [0.29, 0.717) is 16.3 Å². The molecule has 2 aliphatic rings. The first-order chi connectivity index (χ1) is 11.5. The molecule has 0 saturated carbocycles. The molecule has 7 nitrogen and oxygen atoms in total. The Labute approximate surface area is 135 Å². The molecule has 4 amide bonds. The van der Waals surface area contributed by atoms with Crippen LogP contribution >= 0.6 is 0 Å². The van der Waals surface area contributed by atoms with Gasteiger partial charge in [0, 0.05) is 17.4 Å². The van der Waals surface area contributed by atoms with Crippen LogP contribution in [0.2, 0.25) is 0 Å². The fraction of sp³-hybridized carbons (Fsp3) is 0.176. The highest BCUT2D eigenvalue weighted by molar-refractivity contribution is 6.27. The minimum absolute atomic E-state index is 0.0601. The molecule has 0 aliphatic carbocycles. The van der Waals surface area contributed by atoms with Crippen molar-refractivity contribution in [1.82, 2.24) is 10.2 Å². The van der Waals surface area contributed by atoms with Gasteiger partial charge < -0.3 is 5.11 Å². The number of phenols is 1. The lowest BCUT2D eigenvalue weighted by Gasteiger charge is -2.34. The zero-order chi connectivity index (χ0) is 17.0. The average Bonchev–Trinajstić information content (AvgIpc) is 2.54. The number of amides is 4. The molecule has 1 atom stereocenters. The Balaban J connectivity index is 1.89. The SMILES string of the molecule is O=C1CCC(N2C(=O)c3cccc4cc(O)cc(c34)C2=O)C(=O)N1. The first-order valence-electron chi connectivity index (χ1n) is 7.44. The molecular weight excluding hydrogens is 312 g/mol. The summed E-state index contributed by atoms with van der Waals surface area (Å²) >= 11 is 0. The minimum atomic E-state index is -1.03. The Morgan fingerprint density at radius 1 is 1.04 bits per heavy atom. The quantitative estimate of drug-likeness (QED) is 0.760. The van der Waals surface area contributed by atoms with E-state index >= 15 is 0 Å². The van der Waals surface area contributed by atoms with Crippen molar-refractivity contribution in [3.8, 4) is 5.75 Å². The maximum Gasteiger partial charge on any atom is 0.262 e. The molecule has 1 fully saturated rings. The lowest BCUT2D eigenvalue weighted by atomic mass is 9.91. The fourth-order valence-electron chi connectivity index (χ4n) is 3.32. The molecule has 1 saturated heterocycles. The molecule has 2 aromatic rings. The fourth-order valence-corrected chi connectivity index (χ4v) is 3.32. The van der Waals surface area contributed by atoms with Crippen LogP contribution in [0.25, 0.3) is 10.8 Å². The van der Waals surface area contributed by atoms with Crippen molar-refractivity contribution in [2.45, 2.75) is 18.9 Å². The maximum absolute atomic E-state index is 12.8. The van der Waals surface area contributed by atoms with Crippen molar-refractivity contribution in [1.29, 1.82) is 0 Å². The molecule has 0 radical (unpaired) electrons. The molecule has 1 unspecified atom stereocenters. The second kappa shape index (κ2) is 4.89. The highest BCUT2D eigenvalue weighted by atomic mass is 16.3. The van der Waals surface area contributed by atoms with E-state index in [-0.39, 0.29) is 24.2 Å². The molecule has 0 spiro atoms. The summed E-state index contributed by atoms with van der Waals surface area (Å²) in [6.45, 7) is 0. The molecule has 2 N–H and O–H groups in total. The first kappa shape index (κ1) is 14.4. The van der Waals surface area contributed by atoms with Crippen LogP contribution in [-0.2, 0) is 9.59 Å². The second-order valence-electron chi connectivity index (χ2n) is 5.84. The maximum atomic E-state index is 12.8. The summed E-state index contributed by atoms with van der Waals surface area (Å²) in [6, 6.07) is 6.66. The number of nitrogens with one attached hydrogen (secondary N) is 1. The van der Waals surface area contributed by atoms with Gasteiger partial charge in [-0.1, -0.05) is 12.1 Å². The molecule has 2 aliphatic heterocycles. The van der Waals surface area contributed by atoms with Crippen LogP contribution in [0.3, 0.4) is 0 Å². The molecule has 24 heavy (non-hydrogen) atoms. The smallest absolute Gasteiger partial charge is 0.262 e. The number of benzene rings is 2. The lowest BCUT2D eigenvalue weighted by Crippen LogP contribution is -2.57. The normalized spacial score (nSPS) is 20.5. The van der Waals surface area contributed by atoms with Gasteiger partial charge >= 0.3 is 0 Å². The van der Waals surface area contributed by atoms with Gasteiger partial charge in [-0.05, 0) is 30.0 Å². The molecule has 2 aromatic carbocycles. The molecule has 7 heteroatoms. The highest BCUT2D eigenvalue weighted by Gasteiger charge is 2.42. The van der Waals surface area contributed by atoms with E-state index in [2.05, 4.69) is 5.32 Å². The van der Waals surface area contributed by atoms with Gasteiger partial charge in [0.25, 0.3) is 11.8 Å². The topological polar surface area (TPSA) is 104 Å². The number of hydrogen-bond acceptors (Lipinski definition) is 5. The number of aromatic hydroxyl groups is 1. The van der Waals surface area contributed by atoms with Crippen molar-refractivity contribution in [3.05, 3.63) is 41.5 Å². The minimum Gasteiger partial charge on any atom is -0.508 e. The van der Waals surface area contributed by atoms with Crippen molar-refractivity contribution in [3.63, 3.8) is 0 Å². The van der Waals surface area contributed by atoms with E-state index < -0.39 is 29.7 Å². The number of carbonyl (C=O) groups is 4. The first-order valence-corrected chi connectivity index (χ1v) is 7.44. The third-order valence-electron chi connectivity index (χ3n) is 4.38. The van der Waals surface area contributed by atoms with Gasteiger partial charge in [-0.25, -0.2) is 0 Å². The molecule has 0 bridgehead atoms. The van der Waals surface area contributed by atoms with Crippen LogP contribution in [-0.4, -0.2) is 39.7 Å². The Hall–Kier alpha value is -3.22. The molecule has 0 aromatic heterocycles. The molecule has 2 heterocycles. The van der Waals surface area contributed by atoms with E-state index in [1.165, 1.54) is 12.1 Å². The number of carbonyl (C=O) groups excluding carboxylic acids is 4. The Bertz CT molecular complexity index is 949. The second-order valence-corrected chi connectivity index (χ2v) is 5.84. The van der Waals surface area contributed by atoms with Gasteiger partial charge in [-0.3, -0.25) is 29.4 Å². The zero-order valence-corrected chi connectivity index (χ0v) is 12.4. The Morgan fingerprint density at radius 2 is 1.79 bits per heavy atom. The third kappa shape index (κ3) is 1.91. The van der Waals surface area contributed by atoms with Crippen LogP contribution in [0, 0.1) is 0 Å². The van der Waals surface area contributed by atoms with Gasteiger partial charge in [0.2, 0.25) is 11.8 Å². The predicted molar refractivity (Wildman–Crippen MR) is 82.3 cm³/mol. The third-order valence-corrected chi connectivity index (χ3v) is 4.38. The van der Waals surface area contributed by atoms with Gasteiger partial charge in [-0.2, -0.15) is 0 Å². The van der Waals surface area contributed by atoms with Crippen molar-refractivity contribution in [2.75, 3.05) is 0 Å². The van der Waals surface area contributed by atoms with Gasteiger partial charge in [-0.15, -0.1) is 0 Å². The molecular formula is C17H12N2O5. The average molecular weight is 324 g/mol. The van der Waals surface area contributed by atoms with E-state index in [4.69, 9.17) is 0 Å². The van der Waals surface area contributed by atoms with Crippen molar-refractivity contribution < 1.29 is 24.3 Å². The lowest BCUT2D eigenvalue weighted by molar-refractivity contribution is -0.136. The molecule has 120 valence electrons. The number of imide groups is 2. The summed E-state index contributed by atoms with van der Waals surface area (Å²) in [5.41, 5.74) is 0.469. The highest BCUT2D eigenvalue weighted by Crippen LogP contribution is 2.34. The van der Waals surface area contributed by atoms with Crippen LogP contribution in [0.15, 0.2) is 30.3 Å². The van der Waals surface area contributed by atoms with Crippen LogP contribution in [0.4, 0.5) is 0 Å². The summed E-state index contributed by atoms with van der Waals surface area (Å²) in [7, 11) is 0. The van der Waals surface area contributed by atoms with Gasteiger partial charge in [0.05, 0.1) is 5.56 Å². The Morgan fingerprint density at radius 3 is 2.54 bits per heavy atom. The summed E-state index contributed by atoms with van der Waals surface area (Å²) < 4.78 is 0. The van der Waals surface area contributed by atoms with E-state index in [1.54, 1.807) is 18.2 Å². The predicted octanol–water partition coefficient (Wildman–Crippen LogP) is 0.947. The number of hydrogen-bond donors (Lipinski definition) is 2. The van der Waals surface area contributed by atoms with Crippen LogP contribution in [0.5, 0.6) is 5.75 Å². The Kier molecular flexibility index (Phi) is 2.93. The van der Waals surface area contributed by atoms with Crippen LogP contribution in [0.1, 0.15) is 33.6 Å². The van der Waals surface area contributed by atoms with Crippen LogP contribution < -0.4 is 5.32 Å².